The van der Waals surface area contributed by atoms with Crippen LogP contribution in [-0.4, -0.2) is 26.4 Å². The zero-order chi connectivity index (χ0) is 22.5. The smallest absolute Gasteiger partial charge is 0.234 e. The van der Waals surface area contributed by atoms with Crippen LogP contribution in [0.15, 0.2) is 65.8 Å². The number of carbonyl (C=O) groups excluding carboxylic acids is 1. The lowest BCUT2D eigenvalue weighted by atomic mass is 10.0. The van der Waals surface area contributed by atoms with Crippen LogP contribution in [0.5, 0.6) is 5.75 Å². The molecule has 0 aliphatic heterocycles. The Bertz CT molecular complexity index is 1250. The number of fused-ring (bicyclic) bond motifs is 1. The Morgan fingerprint density at radius 3 is 2.62 bits per heavy atom. The highest BCUT2D eigenvalue weighted by molar-refractivity contribution is 7.99. The quantitative estimate of drug-likeness (QED) is 0.368. The van der Waals surface area contributed by atoms with Crippen LogP contribution in [0.4, 0.5) is 5.69 Å². The summed E-state index contributed by atoms with van der Waals surface area (Å²) in [4.78, 5) is 12.4. The summed E-state index contributed by atoms with van der Waals surface area (Å²) < 4.78 is 8.08. The molecule has 4 aromatic rings. The van der Waals surface area contributed by atoms with Gasteiger partial charge in [0.05, 0.1) is 5.75 Å². The average molecular weight is 447 g/mol. The van der Waals surface area contributed by atoms with E-state index < -0.39 is 0 Å². The molecule has 0 saturated heterocycles. The monoisotopic (exact) mass is 446 g/mol. The molecule has 1 aromatic heterocycles. The molecule has 1 N–H and O–H groups in total. The van der Waals surface area contributed by atoms with Crippen molar-refractivity contribution in [2.24, 2.45) is 0 Å². The fourth-order valence-corrected chi connectivity index (χ4v) is 4.41. The van der Waals surface area contributed by atoms with E-state index in [2.05, 4.69) is 40.6 Å². The van der Waals surface area contributed by atoms with Crippen LogP contribution >= 0.6 is 11.8 Å². The number of benzene rings is 3. The maximum Gasteiger partial charge on any atom is 0.234 e. The number of nitrogens with zero attached hydrogens (tertiary/aromatic N) is 3. The number of ether oxygens (including phenoxy) is 1. The number of carbonyl (C=O) groups is 1. The molecule has 0 aliphatic rings. The van der Waals surface area contributed by atoms with Crippen molar-refractivity contribution in [3.05, 3.63) is 77.6 Å². The Morgan fingerprint density at radius 2 is 1.81 bits per heavy atom. The van der Waals surface area contributed by atoms with Crippen LogP contribution in [0.25, 0.3) is 10.8 Å². The van der Waals surface area contributed by atoms with Crippen LogP contribution in [-0.2, 0) is 17.9 Å². The molecule has 0 unspecified atom stereocenters. The third kappa shape index (κ3) is 4.78. The molecule has 4 rings (SSSR count). The maximum atomic E-state index is 12.4. The highest BCUT2D eigenvalue weighted by Gasteiger charge is 2.15. The molecule has 6 nitrogen and oxygen atoms in total. The summed E-state index contributed by atoms with van der Waals surface area (Å²) in [6.45, 7) is 7.09. The van der Waals surface area contributed by atoms with Gasteiger partial charge in [0.1, 0.15) is 12.4 Å². The molecule has 0 bridgehead atoms. The van der Waals surface area contributed by atoms with E-state index in [9.17, 15) is 4.79 Å². The number of aromatic nitrogens is 3. The zero-order valence-corrected chi connectivity index (χ0v) is 19.3. The van der Waals surface area contributed by atoms with E-state index in [-0.39, 0.29) is 11.7 Å². The summed E-state index contributed by atoms with van der Waals surface area (Å²) in [5, 5.41) is 14.6. The van der Waals surface area contributed by atoms with E-state index in [1.165, 1.54) is 22.5 Å². The largest absolute Gasteiger partial charge is 0.485 e. The molecule has 7 heteroatoms. The van der Waals surface area contributed by atoms with Crippen LogP contribution < -0.4 is 10.1 Å². The van der Waals surface area contributed by atoms with Gasteiger partial charge in [0.2, 0.25) is 5.91 Å². The van der Waals surface area contributed by atoms with E-state index >= 15 is 0 Å². The number of amides is 1. The number of thioether (sulfide) groups is 1. The van der Waals surface area contributed by atoms with E-state index in [4.69, 9.17) is 4.74 Å². The molecule has 0 saturated carbocycles. The number of anilines is 1. The highest BCUT2D eigenvalue weighted by Crippen LogP contribution is 2.28. The van der Waals surface area contributed by atoms with Gasteiger partial charge in [-0.05, 0) is 54.8 Å². The molecule has 0 fully saturated rings. The van der Waals surface area contributed by atoms with Gasteiger partial charge in [0, 0.05) is 12.2 Å². The third-order valence-electron chi connectivity index (χ3n) is 5.37. The zero-order valence-electron chi connectivity index (χ0n) is 18.5. The van der Waals surface area contributed by atoms with Gasteiger partial charge < -0.3 is 14.6 Å². The van der Waals surface area contributed by atoms with E-state index in [1.807, 2.05) is 60.9 Å². The molecule has 0 spiro atoms. The second-order valence-corrected chi connectivity index (χ2v) is 8.44. The van der Waals surface area contributed by atoms with Gasteiger partial charge in [0.25, 0.3) is 0 Å². The Morgan fingerprint density at radius 1 is 1.03 bits per heavy atom. The lowest BCUT2D eigenvalue weighted by Gasteiger charge is -2.12. The van der Waals surface area contributed by atoms with Gasteiger partial charge in [-0.3, -0.25) is 4.79 Å². The predicted molar refractivity (Wildman–Crippen MR) is 129 cm³/mol. The summed E-state index contributed by atoms with van der Waals surface area (Å²) in [7, 11) is 0. The number of nitrogens with one attached hydrogen (secondary N) is 1. The van der Waals surface area contributed by atoms with Crippen molar-refractivity contribution in [1.29, 1.82) is 0 Å². The van der Waals surface area contributed by atoms with Crippen molar-refractivity contribution < 1.29 is 9.53 Å². The second kappa shape index (κ2) is 9.87. The first-order valence-corrected chi connectivity index (χ1v) is 11.6. The molecular weight excluding hydrogens is 420 g/mol. The van der Waals surface area contributed by atoms with E-state index in [1.54, 1.807) is 0 Å². The molecule has 3 aromatic carbocycles. The molecule has 0 radical (unpaired) electrons. The van der Waals surface area contributed by atoms with Gasteiger partial charge in [-0.25, -0.2) is 0 Å². The molecular formula is C25H26N4O2S. The Labute approximate surface area is 192 Å². The standard InChI is InChI=1S/C25H26N4O2S/c1-4-29-23(15-31-22-14-13-19-10-6-7-11-20(19)18(22)3)27-28-25(29)32-16-24(30)26-21-12-8-5-9-17(21)2/h5-14H,4,15-16H2,1-3H3,(H,26,30). The third-order valence-corrected chi connectivity index (χ3v) is 6.33. The van der Waals surface area contributed by atoms with Gasteiger partial charge >= 0.3 is 0 Å². The first-order valence-electron chi connectivity index (χ1n) is 10.6. The second-order valence-electron chi connectivity index (χ2n) is 7.49. The van der Waals surface area contributed by atoms with Crippen LogP contribution in [0, 0.1) is 13.8 Å². The fraction of sp³-hybridized carbons (Fsp3) is 0.240. The first kappa shape index (κ1) is 21.9. The van der Waals surface area contributed by atoms with E-state index in [0.717, 1.165) is 28.4 Å². The average Bonchev–Trinajstić information content (AvgIpc) is 3.21. The molecule has 0 aliphatic carbocycles. The summed E-state index contributed by atoms with van der Waals surface area (Å²) in [5.74, 6) is 1.76. The van der Waals surface area contributed by atoms with Crippen molar-refractivity contribution in [1.82, 2.24) is 14.8 Å². The Kier molecular flexibility index (Phi) is 6.75. The van der Waals surface area contributed by atoms with Gasteiger partial charge in [-0.1, -0.05) is 60.3 Å². The molecule has 1 amide bonds. The van der Waals surface area contributed by atoms with E-state index in [0.29, 0.717) is 18.3 Å². The van der Waals surface area contributed by atoms with Crippen molar-refractivity contribution >= 4 is 34.1 Å². The lowest BCUT2D eigenvalue weighted by Crippen LogP contribution is -2.15. The van der Waals surface area contributed by atoms with Gasteiger partial charge in [-0.2, -0.15) is 0 Å². The van der Waals surface area contributed by atoms with Crippen LogP contribution in [0.2, 0.25) is 0 Å². The van der Waals surface area contributed by atoms with Gasteiger partial charge in [-0.15, -0.1) is 10.2 Å². The lowest BCUT2D eigenvalue weighted by molar-refractivity contribution is -0.113. The summed E-state index contributed by atoms with van der Waals surface area (Å²) in [5.41, 5.74) is 2.97. The van der Waals surface area contributed by atoms with Crippen molar-refractivity contribution in [2.75, 3.05) is 11.1 Å². The minimum absolute atomic E-state index is 0.0699. The number of para-hydroxylation sites is 1. The van der Waals surface area contributed by atoms with Crippen LogP contribution in [0.1, 0.15) is 23.9 Å². The molecule has 164 valence electrons. The minimum Gasteiger partial charge on any atom is -0.485 e. The maximum absolute atomic E-state index is 12.4. The number of hydrogen-bond donors (Lipinski definition) is 1. The number of aryl methyl sites for hydroxylation is 2. The summed E-state index contributed by atoms with van der Waals surface area (Å²) in [6.07, 6.45) is 0. The highest BCUT2D eigenvalue weighted by atomic mass is 32.2. The minimum atomic E-state index is -0.0699. The predicted octanol–water partition coefficient (Wildman–Crippen LogP) is 5.38. The Balaban J connectivity index is 1.40. The normalized spacial score (nSPS) is 11.0. The number of rotatable bonds is 8. The molecule has 32 heavy (non-hydrogen) atoms. The van der Waals surface area contributed by atoms with Crippen molar-refractivity contribution in [2.45, 2.75) is 39.1 Å². The molecule has 0 atom stereocenters. The van der Waals surface area contributed by atoms with Crippen LogP contribution in [0.3, 0.4) is 0 Å². The van der Waals surface area contributed by atoms with Gasteiger partial charge in [0.15, 0.2) is 11.0 Å². The fourth-order valence-electron chi connectivity index (χ4n) is 3.59. The topological polar surface area (TPSA) is 69.0 Å². The Hall–Kier alpha value is -3.32. The molecule has 1 heterocycles. The number of hydrogen-bond acceptors (Lipinski definition) is 5. The SMILES string of the molecule is CCn1c(COc2ccc3ccccc3c2C)nnc1SCC(=O)Nc1ccccc1C. The summed E-state index contributed by atoms with van der Waals surface area (Å²) in [6, 6.07) is 20.1. The summed E-state index contributed by atoms with van der Waals surface area (Å²) >= 11 is 1.37. The van der Waals surface area contributed by atoms with Crippen molar-refractivity contribution in [3.63, 3.8) is 0 Å². The van der Waals surface area contributed by atoms with Crippen molar-refractivity contribution in [3.8, 4) is 5.75 Å². The first-order chi connectivity index (χ1) is 15.6.